The molecule has 2 aromatic rings. The summed E-state index contributed by atoms with van der Waals surface area (Å²) in [5, 5.41) is 10.5. The number of Topliss-reactive ketones (excluding diaryl/α,β-unsaturated/α-hetero) is 1. The van der Waals surface area contributed by atoms with Crippen molar-refractivity contribution in [2.24, 2.45) is 0 Å². The van der Waals surface area contributed by atoms with Crippen LogP contribution >= 0.6 is 11.8 Å². The van der Waals surface area contributed by atoms with Gasteiger partial charge in [0, 0.05) is 17.0 Å². The Hall–Kier alpha value is -2.21. The number of non-ortho nitro benzene ring substituents is 1. The summed E-state index contributed by atoms with van der Waals surface area (Å²) in [5.41, 5.74) is 0.0525. The van der Waals surface area contributed by atoms with E-state index >= 15 is 0 Å². The van der Waals surface area contributed by atoms with Crippen LogP contribution < -0.4 is 0 Å². The lowest BCUT2D eigenvalue weighted by Gasteiger charge is -2.02. The number of carbonyl (C=O) groups excluding carboxylic acids is 1. The largest absolute Gasteiger partial charge is 0.293 e. The Morgan fingerprint density at radius 3 is 2.40 bits per heavy atom. The van der Waals surface area contributed by atoms with Crippen LogP contribution in [0.4, 0.5) is 10.1 Å². The number of halogens is 1. The summed E-state index contributed by atoms with van der Waals surface area (Å²) < 4.78 is 13.4. The number of rotatable bonds is 5. The van der Waals surface area contributed by atoms with Crippen LogP contribution in [0.25, 0.3) is 0 Å². The predicted octanol–water partition coefficient (Wildman–Crippen LogP) is 3.71. The zero-order chi connectivity index (χ0) is 14.5. The first-order valence-electron chi connectivity index (χ1n) is 5.73. The van der Waals surface area contributed by atoms with Crippen LogP contribution in [0, 0.1) is 15.9 Å². The lowest BCUT2D eigenvalue weighted by molar-refractivity contribution is -0.384. The van der Waals surface area contributed by atoms with Crippen molar-refractivity contribution in [1.82, 2.24) is 0 Å². The van der Waals surface area contributed by atoms with Crippen LogP contribution in [0.15, 0.2) is 53.4 Å². The molecule has 0 spiro atoms. The van der Waals surface area contributed by atoms with Crippen LogP contribution in [0.1, 0.15) is 10.4 Å². The summed E-state index contributed by atoms with van der Waals surface area (Å²) in [4.78, 5) is 22.6. The van der Waals surface area contributed by atoms with Crippen molar-refractivity contribution in [2.45, 2.75) is 4.90 Å². The van der Waals surface area contributed by atoms with Crippen molar-refractivity contribution in [1.29, 1.82) is 0 Å². The third-order valence-electron chi connectivity index (χ3n) is 2.59. The fraction of sp³-hybridized carbons (Fsp3) is 0.0714. The van der Waals surface area contributed by atoms with E-state index in [1.807, 2.05) is 0 Å². The van der Waals surface area contributed by atoms with E-state index in [-0.39, 0.29) is 22.8 Å². The molecule has 2 rings (SSSR count). The summed E-state index contributed by atoms with van der Waals surface area (Å²) in [6, 6.07) is 11.7. The second kappa shape index (κ2) is 6.29. The van der Waals surface area contributed by atoms with Gasteiger partial charge in [-0.1, -0.05) is 12.1 Å². The average Bonchev–Trinajstić information content (AvgIpc) is 2.45. The van der Waals surface area contributed by atoms with Gasteiger partial charge in [0.2, 0.25) is 0 Å². The Morgan fingerprint density at radius 2 is 1.80 bits per heavy atom. The topological polar surface area (TPSA) is 60.2 Å². The molecular formula is C14H10FNO3S. The fourth-order valence-electron chi connectivity index (χ4n) is 1.58. The van der Waals surface area contributed by atoms with Gasteiger partial charge in [0.1, 0.15) is 5.82 Å². The molecule has 102 valence electrons. The van der Waals surface area contributed by atoms with Crippen LogP contribution in [0.2, 0.25) is 0 Å². The smallest absolute Gasteiger partial charge is 0.269 e. The van der Waals surface area contributed by atoms with Gasteiger partial charge in [0.05, 0.1) is 16.2 Å². The molecule has 0 bridgehead atoms. The molecule has 0 saturated heterocycles. The molecule has 0 radical (unpaired) electrons. The van der Waals surface area contributed by atoms with Crippen molar-refractivity contribution in [3.63, 3.8) is 0 Å². The van der Waals surface area contributed by atoms with Crippen molar-refractivity contribution >= 4 is 23.2 Å². The van der Waals surface area contributed by atoms with E-state index in [1.54, 1.807) is 18.2 Å². The number of hydrogen-bond donors (Lipinski definition) is 0. The Balaban J connectivity index is 2.00. The summed E-state index contributed by atoms with van der Waals surface area (Å²) in [6.45, 7) is 0. The van der Waals surface area contributed by atoms with Crippen molar-refractivity contribution in [3.05, 3.63) is 70.0 Å². The molecule has 0 aromatic heterocycles. The highest BCUT2D eigenvalue weighted by Crippen LogP contribution is 2.22. The van der Waals surface area contributed by atoms with Gasteiger partial charge >= 0.3 is 0 Å². The van der Waals surface area contributed by atoms with E-state index in [0.29, 0.717) is 0 Å². The first-order valence-corrected chi connectivity index (χ1v) is 6.71. The zero-order valence-corrected chi connectivity index (χ0v) is 11.1. The van der Waals surface area contributed by atoms with E-state index in [2.05, 4.69) is 0 Å². The molecule has 0 N–H and O–H groups in total. The Labute approximate surface area is 118 Å². The van der Waals surface area contributed by atoms with Gasteiger partial charge in [-0.05, 0) is 24.3 Å². The van der Waals surface area contributed by atoms with E-state index in [0.717, 1.165) is 4.90 Å². The quantitative estimate of drug-likeness (QED) is 0.364. The molecule has 20 heavy (non-hydrogen) atoms. The molecule has 6 heteroatoms. The lowest BCUT2D eigenvalue weighted by atomic mass is 10.1. The van der Waals surface area contributed by atoms with Gasteiger partial charge in [0.25, 0.3) is 5.69 Å². The summed E-state index contributed by atoms with van der Waals surface area (Å²) in [6.07, 6.45) is 0. The second-order valence-corrected chi connectivity index (χ2v) is 4.99. The Kier molecular flexibility index (Phi) is 4.47. The van der Waals surface area contributed by atoms with Gasteiger partial charge < -0.3 is 0 Å². The monoisotopic (exact) mass is 291 g/mol. The maximum absolute atomic E-state index is 13.4. The highest BCUT2D eigenvalue weighted by atomic mass is 32.2. The van der Waals surface area contributed by atoms with Gasteiger partial charge in [-0.15, -0.1) is 11.8 Å². The number of nitrogens with zero attached hydrogens (tertiary/aromatic N) is 1. The predicted molar refractivity (Wildman–Crippen MR) is 74.6 cm³/mol. The molecule has 0 atom stereocenters. The third-order valence-corrected chi connectivity index (χ3v) is 3.60. The van der Waals surface area contributed by atoms with Crippen molar-refractivity contribution in [3.8, 4) is 0 Å². The third kappa shape index (κ3) is 3.42. The van der Waals surface area contributed by atoms with E-state index in [9.17, 15) is 19.3 Å². The fourth-order valence-corrected chi connectivity index (χ4v) is 2.36. The SMILES string of the molecule is O=C(CSc1ccc([N+](=O)[O-])cc1)c1ccccc1F. The summed E-state index contributed by atoms with van der Waals surface area (Å²) >= 11 is 1.21. The molecule has 4 nitrogen and oxygen atoms in total. The average molecular weight is 291 g/mol. The van der Waals surface area contributed by atoms with Gasteiger partial charge in [0.15, 0.2) is 5.78 Å². The molecule has 2 aromatic carbocycles. The standard InChI is InChI=1S/C14H10FNO3S/c15-13-4-2-1-3-12(13)14(17)9-20-11-7-5-10(6-8-11)16(18)19/h1-8H,9H2. The van der Waals surface area contributed by atoms with Crippen LogP contribution in [0.3, 0.4) is 0 Å². The van der Waals surface area contributed by atoms with E-state index < -0.39 is 10.7 Å². The summed E-state index contributed by atoms with van der Waals surface area (Å²) in [5.74, 6) is -0.771. The van der Waals surface area contributed by atoms with Crippen LogP contribution in [-0.2, 0) is 0 Å². The van der Waals surface area contributed by atoms with Crippen molar-refractivity contribution < 1.29 is 14.1 Å². The van der Waals surface area contributed by atoms with Gasteiger partial charge in [-0.2, -0.15) is 0 Å². The number of carbonyl (C=O) groups is 1. The highest BCUT2D eigenvalue weighted by Gasteiger charge is 2.11. The van der Waals surface area contributed by atoms with Crippen LogP contribution in [0.5, 0.6) is 0 Å². The number of thioether (sulfide) groups is 1. The molecular weight excluding hydrogens is 281 g/mol. The second-order valence-electron chi connectivity index (χ2n) is 3.94. The molecule has 0 unspecified atom stereocenters. The maximum Gasteiger partial charge on any atom is 0.269 e. The molecule has 0 saturated carbocycles. The molecule has 0 heterocycles. The molecule has 0 aliphatic rings. The first-order chi connectivity index (χ1) is 9.58. The highest BCUT2D eigenvalue weighted by molar-refractivity contribution is 8.00. The van der Waals surface area contributed by atoms with Crippen molar-refractivity contribution in [2.75, 3.05) is 5.75 Å². The molecule has 0 fully saturated rings. The summed E-state index contributed by atoms with van der Waals surface area (Å²) in [7, 11) is 0. The normalized spacial score (nSPS) is 10.2. The van der Waals surface area contributed by atoms with Crippen LogP contribution in [-0.4, -0.2) is 16.5 Å². The van der Waals surface area contributed by atoms with E-state index in [1.165, 1.54) is 42.1 Å². The Bertz CT molecular complexity index is 643. The number of nitro benzene ring substituents is 1. The maximum atomic E-state index is 13.4. The molecule has 0 amide bonds. The van der Waals surface area contributed by atoms with E-state index in [4.69, 9.17) is 0 Å². The minimum Gasteiger partial charge on any atom is -0.293 e. The number of benzene rings is 2. The zero-order valence-electron chi connectivity index (χ0n) is 10.3. The number of hydrogen-bond acceptors (Lipinski definition) is 4. The number of ketones is 1. The van der Waals surface area contributed by atoms with Gasteiger partial charge in [-0.25, -0.2) is 4.39 Å². The Morgan fingerprint density at radius 1 is 1.15 bits per heavy atom. The van der Waals surface area contributed by atoms with Gasteiger partial charge in [-0.3, -0.25) is 14.9 Å². The number of nitro groups is 1. The molecule has 0 aliphatic carbocycles. The minimum absolute atomic E-state index is 0.00483. The molecule has 0 aliphatic heterocycles. The lowest BCUT2D eigenvalue weighted by Crippen LogP contribution is -2.04. The minimum atomic E-state index is -0.540. The first kappa shape index (κ1) is 14.2.